The summed E-state index contributed by atoms with van der Waals surface area (Å²) < 4.78 is 40.4. The highest BCUT2D eigenvalue weighted by molar-refractivity contribution is 6.33. The molecule has 1 aliphatic heterocycles. The van der Waals surface area contributed by atoms with Crippen LogP contribution in [0.3, 0.4) is 0 Å². The van der Waals surface area contributed by atoms with Crippen LogP contribution in [0.1, 0.15) is 54.6 Å². The van der Waals surface area contributed by atoms with Gasteiger partial charge in [0.25, 0.3) is 5.91 Å². The number of hydrogen-bond acceptors (Lipinski definition) is 4. The summed E-state index contributed by atoms with van der Waals surface area (Å²) in [6.07, 6.45) is -0.588. The number of aromatic nitrogens is 1. The molecule has 3 aromatic rings. The highest BCUT2D eigenvalue weighted by atomic mass is 35.5. The van der Waals surface area contributed by atoms with E-state index in [0.717, 1.165) is 6.07 Å². The van der Waals surface area contributed by atoms with Crippen molar-refractivity contribution in [1.29, 1.82) is 0 Å². The van der Waals surface area contributed by atoms with Gasteiger partial charge in [-0.25, -0.2) is 4.98 Å². The van der Waals surface area contributed by atoms with E-state index < -0.39 is 11.9 Å². The van der Waals surface area contributed by atoms with Gasteiger partial charge in [-0.05, 0) is 74.9 Å². The Morgan fingerprint density at radius 1 is 0.900 bits per heavy atom. The molecule has 212 valence electrons. The molecular formula is C29H29Cl2F3N4O2. The molecule has 6 nitrogen and oxygen atoms in total. The lowest BCUT2D eigenvalue weighted by Gasteiger charge is -2.34. The zero-order valence-corrected chi connectivity index (χ0v) is 23.1. The lowest BCUT2D eigenvalue weighted by Crippen LogP contribution is -2.46. The van der Waals surface area contributed by atoms with E-state index in [1.165, 1.54) is 12.1 Å². The fraction of sp³-hybridized carbons (Fsp3) is 0.414. The predicted octanol–water partition coefficient (Wildman–Crippen LogP) is 6.95. The van der Waals surface area contributed by atoms with Crippen molar-refractivity contribution in [3.8, 4) is 0 Å². The summed E-state index contributed by atoms with van der Waals surface area (Å²) in [6, 6.07) is 12.6. The van der Waals surface area contributed by atoms with Gasteiger partial charge in [-0.2, -0.15) is 13.2 Å². The second-order valence-electron chi connectivity index (χ2n) is 10.5. The topological polar surface area (TPSA) is 74.3 Å². The number of anilines is 1. The molecule has 0 spiro atoms. The lowest BCUT2D eigenvalue weighted by molar-refractivity contribution is -0.140. The number of piperidine rings is 1. The van der Waals surface area contributed by atoms with Gasteiger partial charge in [0.05, 0.1) is 16.1 Å². The molecule has 0 unspecified atom stereocenters. The van der Waals surface area contributed by atoms with Gasteiger partial charge in [0.2, 0.25) is 5.91 Å². The molecule has 2 aromatic carbocycles. The quantitative estimate of drug-likeness (QED) is 0.336. The smallest absolute Gasteiger partial charge is 0.382 e. The first kappa shape index (κ1) is 28.5. The van der Waals surface area contributed by atoms with Gasteiger partial charge < -0.3 is 15.5 Å². The number of alkyl halides is 3. The lowest BCUT2D eigenvalue weighted by atomic mass is 9.89. The van der Waals surface area contributed by atoms with Gasteiger partial charge in [0.1, 0.15) is 5.69 Å². The number of pyridine rings is 1. The number of carbonyl (C=O) groups excluding carboxylic acids is 2. The molecule has 0 bridgehead atoms. The van der Waals surface area contributed by atoms with Crippen LogP contribution in [-0.2, 0) is 11.0 Å². The first-order valence-corrected chi connectivity index (χ1v) is 14.1. The Morgan fingerprint density at radius 3 is 2.25 bits per heavy atom. The van der Waals surface area contributed by atoms with Crippen LogP contribution in [0.25, 0.3) is 10.9 Å². The maximum absolute atomic E-state index is 13.5. The number of hydrogen-bond donors (Lipinski definition) is 2. The zero-order valence-electron chi connectivity index (χ0n) is 21.6. The maximum Gasteiger partial charge on any atom is 0.433 e. The monoisotopic (exact) mass is 592 g/mol. The molecule has 1 saturated carbocycles. The fourth-order valence-electron chi connectivity index (χ4n) is 5.53. The molecule has 2 amide bonds. The summed E-state index contributed by atoms with van der Waals surface area (Å²) in [7, 11) is 0. The third-order valence-corrected chi connectivity index (χ3v) is 8.32. The maximum atomic E-state index is 13.5. The van der Waals surface area contributed by atoms with E-state index in [-0.39, 0.29) is 35.3 Å². The number of carbonyl (C=O) groups is 2. The summed E-state index contributed by atoms with van der Waals surface area (Å²) in [5.41, 5.74) is 0.0907. The van der Waals surface area contributed by atoms with Crippen LogP contribution in [0.15, 0.2) is 48.5 Å². The van der Waals surface area contributed by atoms with Crippen molar-refractivity contribution >= 4 is 51.6 Å². The van der Waals surface area contributed by atoms with E-state index in [0.29, 0.717) is 78.3 Å². The van der Waals surface area contributed by atoms with Gasteiger partial charge >= 0.3 is 6.18 Å². The molecule has 0 radical (unpaired) electrons. The first-order valence-electron chi connectivity index (χ1n) is 13.4. The highest BCUT2D eigenvalue weighted by Gasteiger charge is 2.34. The van der Waals surface area contributed by atoms with E-state index in [4.69, 9.17) is 23.2 Å². The minimum absolute atomic E-state index is 0.00250. The normalized spacial score (nSPS) is 20.4. The minimum atomic E-state index is -4.57. The highest BCUT2D eigenvalue weighted by Crippen LogP contribution is 2.35. The summed E-state index contributed by atoms with van der Waals surface area (Å²) in [6.45, 7) is 0.977. The Kier molecular flexibility index (Phi) is 8.42. The molecule has 11 heteroatoms. The average Bonchev–Trinajstić information content (AvgIpc) is 2.93. The molecule has 40 heavy (non-hydrogen) atoms. The van der Waals surface area contributed by atoms with Gasteiger partial charge in [-0.3, -0.25) is 9.59 Å². The summed E-state index contributed by atoms with van der Waals surface area (Å²) in [5.74, 6) is -0.299. The van der Waals surface area contributed by atoms with E-state index in [1.54, 1.807) is 35.2 Å². The van der Waals surface area contributed by atoms with Crippen molar-refractivity contribution in [1.82, 2.24) is 15.2 Å². The third kappa shape index (κ3) is 6.47. The van der Waals surface area contributed by atoms with Crippen LogP contribution in [0.2, 0.25) is 10.0 Å². The fourth-order valence-corrected chi connectivity index (χ4v) is 5.92. The van der Waals surface area contributed by atoms with Crippen molar-refractivity contribution in [2.45, 2.75) is 56.8 Å². The predicted molar refractivity (Wildman–Crippen MR) is 150 cm³/mol. The second kappa shape index (κ2) is 11.8. The van der Waals surface area contributed by atoms with E-state index >= 15 is 0 Å². The SMILES string of the molecule is O=C(NC1CCC(Nc2cc(C(F)(F)F)nc3ccc(Cl)cc23)CC1)C1CCN(C(=O)c2ccccc2Cl)CC1. The van der Waals surface area contributed by atoms with Crippen LogP contribution in [-0.4, -0.2) is 46.9 Å². The number of nitrogens with zero attached hydrogens (tertiary/aromatic N) is 2. The van der Waals surface area contributed by atoms with Crippen LogP contribution in [0.5, 0.6) is 0 Å². The van der Waals surface area contributed by atoms with Crippen LogP contribution >= 0.6 is 23.2 Å². The van der Waals surface area contributed by atoms with Gasteiger partial charge in [0, 0.05) is 47.2 Å². The molecule has 1 aliphatic carbocycles. The number of fused-ring (bicyclic) bond motifs is 1. The van der Waals surface area contributed by atoms with Gasteiger partial charge in [0.15, 0.2) is 0 Å². The van der Waals surface area contributed by atoms with Gasteiger partial charge in [-0.1, -0.05) is 35.3 Å². The number of amides is 2. The number of halogens is 5. The summed E-state index contributed by atoms with van der Waals surface area (Å²) in [5, 5.41) is 7.80. The molecule has 2 heterocycles. The van der Waals surface area contributed by atoms with Crippen molar-refractivity contribution < 1.29 is 22.8 Å². The van der Waals surface area contributed by atoms with Crippen LogP contribution in [0.4, 0.5) is 18.9 Å². The van der Waals surface area contributed by atoms with Crippen molar-refractivity contribution in [2.24, 2.45) is 5.92 Å². The molecule has 2 fully saturated rings. The minimum Gasteiger partial charge on any atom is -0.382 e. The molecule has 2 aliphatic rings. The summed E-state index contributed by atoms with van der Waals surface area (Å²) >= 11 is 12.3. The Bertz CT molecular complexity index is 1400. The van der Waals surface area contributed by atoms with E-state index in [2.05, 4.69) is 15.6 Å². The Morgan fingerprint density at radius 2 is 1.57 bits per heavy atom. The molecule has 2 N–H and O–H groups in total. The number of nitrogens with one attached hydrogen (secondary N) is 2. The third-order valence-electron chi connectivity index (χ3n) is 7.75. The number of likely N-dealkylation sites (tertiary alicyclic amines) is 1. The molecule has 0 atom stereocenters. The molecular weight excluding hydrogens is 564 g/mol. The second-order valence-corrected chi connectivity index (χ2v) is 11.3. The van der Waals surface area contributed by atoms with Crippen molar-refractivity contribution in [2.75, 3.05) is 18.4 Å². The molecule has 1 saturated heterocycles. The average molecular weight is 593 g/mol. The van der Waals surface area contributed by atoms with E-state index in [1.807, 2.05) is 0 Å². The van der Waals surface area contributed by atoms with Crippen LogP contribution in [0, 0.1) is 5.92 Å². The van der Waals surface area contributed by atoms with Gasteiger partial charge in [-0.15, -0.1) is 0 Å². The number of benzene rings is 2. The molecule has 1 aromatic heterocycles. The zero-order chi connectivity index (χ0) is 28.4. The Labute approximate surface area is 240 Å². The van der Waals surface area contributed by atoms with Crippen molar-refractivity contribution in [3.63, 3.8) is 0 Å². The van der Waals surface area contributed by atoms with Crippen molar-refractivity contribution in [3.05, 3.63) is 69.8 Å². The van der Waals surface area contributed by atoms with Crippen LogP contribution < -0.4 is 10.6 Å². The molecule has 5 rings (SSSR count). The summed E-state index contributed by atoms with van der Waals surface area (Å²) in [4.78, 5) is 31.3. The first-order chi connectivity index (χ1) is 19.1. The Hall–Kier alpha value is -3.04. The standard InChI is InChI=1S/C29H29Cl2F3N4O2/c30-18-5-10-24-22(15-18)25(16-26(37-24)29(32,33)34)35-19-6-8-20(9-7-19)36-27(39)17-11-13-38(14-12-17)28(40)21-3-1-2-4-23(21)31/h1-5,10,15-17,19-20H,6-9,11-14H2,(H,35,37)(H,36,39). The van der Waals surface area contributed by atoms with E-state index in [9.17, 15) is 22.8 Å². The largest absolute Gasteiger partial charge is 0.433 e. The Balaban J connectivity index is 1.14. The number of rotatable bonds is 5.